The van der Waals surface area contributed by atoms with Crippen LogP contribution >= 0.6 is 0 Å². The number of alkyl halides is 3. The van der Waals surface area contributed by atoms with Crippen molar-refractivity contribution in [2.24, 2.45) is 17.6 Å². The largest absolute Gasteiger partial charge is 0.417 e. The van der Waals surface area contributed by atoms with E-state index >= 15 is 0 Å². The summed E-state index contributed by atoms with van der Waals surface area (Å²) in [4.78, 5) is 33.7. The topological polar surface area (TPSA) is 97.3 Å². The highest BCUT2D eigenvalue weighted by atomic mass is 19.4. The Balaban J connectivity index is 1.25. The summed E-state index contributed by atoms with van der Waals surface area (Å²) in [6, 6.07) is 8.37. The van der Waals surface area contributed by atoms with Crippen molar-refractivity contribution < 1.29 is 27.2 Å². The summed E-state index contributed by atoms with van der Waals surface area (Å²) in [5.74, 6) is -1.09. The second-order valence-electron chi connectivity index (χ2n) is 10.0. The quantitative estimate of drug-likeness (QED) is 0.461. The van der Waals surface area contributed by atoms with Crippen molar-refractivity contribution in [3.8, 4) is 5.82 Å². The van der Waals surface area contributed by atoms with Gasteiger partial charge in [0.25, 0.3) is 11.8 Å². The normalized spacial score (nSPS) is 19.5. The Morgan fingerprint density at radius 3 is 2.41 bits per heavy atom. The highest BCUT2D eigenvalue weighted by Gasteiger charge is 2.43. The fraction of sp³-hybridized carbons (Fsp3) is 0.370. The first-order chi connectivity index (χ1) is 18.5. The van der Waals surface area contributed by atoms with Gasteiger partial charge in [-0.25, -0.2) is 14.1 Å². The summed E-state index contributed by atoms with van der Waals surface area (Å²) in [5, 5.41) is 4.22. The number of carbonyl (C=O) groups is 2. The number of carbonyl (C=O) groups excluding carboxylic acids is 2. The molecule has 2 aliphatic heterocycles. The minimum Gasteiger partial charge on any atom is -0.364 e. The van der Waals surface area contributed by atoms with E-state index in [0.717, 1.165) is 48.4 Å². The number of primary amides is 1. The molecule has 2 atom stereocenters. The number of aromatic nitrogens is 3. The molecular formula is C27H27F4N6O2. The van der Waals surface area contributed by atoms with Crippen LogP contribution in [0.1, 0.15) is 44.1 Å². The highest BCUT2D eigenvalue weighted by molar-refractivity contribution is 6.06. The molecule has 4 heterocycles. The van der Waals surface area contributed by atoms with Gasteiger partial charge >= 0.3 is 6.18 Å². The molecule has 8 nitrogen and oxygen atoms in total. The first-order valence-electron chi connectivity index (χ1n) is 12.5. The number of nitrogens with two attached hydrogens (primary N) is 1. The van der Waals surface area contributed by atoms with Crippen LogP contribution in [-0.2, 0) is 6.18 Å². The summed E-state index contributed by atoms with van der Waals surface area (Å²) < 4.78 is 53.2. The molecule has 0 saturated carbocycles. The van der Waals surface area contributed by atoms with E-state index in [1.54, 1.807) is 17.9 Å². The van der Waals surface area contributed by atoms with E-state index in [4.69, 9.17) is 5.73 Å². The van der Waals surface area contributed by atoms with E-state index in [0.29, 0.717) is 19.3 Å². The van der Waals surface area contributed by atoms with Crippen molar-refractivity contribution in [3.63, 3.8) is 0 Å². The molecule has 5 rings (SSSR count). The van der Waals surface area contributed by atoms with E-state index in [1.165, 1.54) is 12.1 Å². The first-order valence-corrected chi connectivity index (χ1v) is 12.5. The average molecular weight is 544 g/mol. The lowest BCUT2D eigenvalue weighted by Gasteiger charge is -2.22. The summed E-state index contributed by atoms with van der Waals surface area (Å²) in [5.41, 5.74) is 5.56. The zero-order valence-electron chi connectivity index (χ0n) is 21.2. The Morgan fingerprint density at radius 1 is 1.10 bits per heavy atom. The van der Waals surface area contributed by atoms with Gasteiger partial charge in [-0.3, -0.25) is 9.59 Å². The molecule has 1 unspecified atom stereocenters. The molecule has 205 valence electrons. The van der Waals surface area contributed by atoms with Gasteiger partial charge in [-0.05, 0) is 68.0 Å². The van der Waals surface area contributed by atoms with Crippen LogP contribution in [0, 0.1) is 31.0 Å². The first kappa shape index (κ1) is 26.8. The molecule has 1 radical (unpaired) electrons. The third-order valence-electron chi connectivity index (χ3n) is 7.32. The average Bonchev–Trinajstić information content (AvgIpc) is 3.54. The number of aryl methyl sites for hydroxylation is 1. The second-order valence-corrected chi connectivity index (χ2v) is 10.0. The molecule has 39 heavy (non-hydrogen) atoms. The van der Waals surface area contributed by atoms with Crippen LogP contribution in [0.25, 0.3) is 5.82 Å². The molecule has 2 saturated heterocycles. The maximum atomic E-state index is 13.5. The Bertz CT molecular complexity index is 1370. The molecule has 2 aromatic heterocycles. The molecule has 12 heteroatoms. The fourth-order valence-corrected chi connectivity index (χ4v) is 5.50. The van der Waals surface area contributed by atoms with Crippen LogP contribution in [0.2, 0.25) is 0 Å². The molecule has 0 aliphatic carbocycles. The maximum Gasteiger partial charge on any atom is 0.417 e. The van der Waals surface area contributed by atoms with Crippen LogP contribution < -0.4 is 5.73 Å². The summed E-state index contributed by atoms with van der Waals surface area (Å²) >= 11 is 0. The molecule has 2 amide bonds. The third-order valence-corrected chi connectivity index (χ3v) is 7.32. The van der Waals surface area contributed by atoms with Crippen molar-refractivity contribution in [1.82, 2.24) is 24.6 Å². The lowest BCUT2D eigenvalue weighted by Crippen LogP contribution is -2.35. The summed E-state index contributed by atoms with van der Waals surface area (Å²) in [6.45, 7) is 5.04. The Kier molecular flexibility index (Phi) is 7.15. The monoisotopic (exact) mass is 543 g/mol. The molecule has 0 spiro atoms. The lowest BCUT2D eigenvalue weighted by atomic mass is 10.0. The predicted octanol–water partition coefficient (Wildman–Crippen LogP) is 3.48. The Hall–Kier alpha value is -3.80. The van der Waals surface area contributed by atoms with Crippen molar-refractivity contribution in [1.29, 1.82) is 0 Å². The molecule has 3 aromatic rings. The number of hydrogen-bond donors (Lipinski definition) is 1. The molecule has 2 fully saturated rings. The van der Waals surface area contributed by atoms with Crippen molar-refractivity contribution in [2.45, 2.75) is 19.5 Å². The van der Waals surface area contributed by atoms with Gasteiger partial charge in [-0.15, -0.1) is 0 Å². The van der Waals surface area contributed by atoms with Gasteiger partial charge in [0.1, 0.15) is 11.5 Å². The number of halogens is 4. The van der Waals surface area contributed by atoms with Crippen LogP contribution in [0.3, 0.4) is 0 Å². The van der Waals surface area contributed by atoms with Crippen LogP contribution in [0.15, 0.2) is 42.6 Å². The van der Waals surface area contributed by atoms with Crippen LogP contribution in [0.4, 0.5) is 17.6 Å². The third kappa shape index (κ3) is 5.51. The SMILES string of the molecule is Cc1nn(-c2ccc(C(F)(F)F)cn2)c(C(N)=O)c1C(=O)N1CC2CN(CC[CH]c3cccc(F)c3)C[C@H]2C1. The van der Waals surface area contributed by atoms with Gasteiger partial charge in [-0.1, -0.05) is 12.1 Å². The Labute approximate surface area is 222 Å². The molecule has 2 aliphatic rings. The number of likely N-dealkylation sites (tertiary alicyclic amines) is 2. The number of pyridine rings is 1. The number of rotatable bonds is 7. The van der Waals surface area contributed by atoms with Gasteiger partial charge in [0.2, 0.25) is 0 Å². The minimum atomic E-state index is -4.57. The fourth-order valence-electron chi connectivity index (χ4n) is 5.50. The predicted molar refractivity (Wildman–Crippen MR) is 133 cm³/mol. The summed E-state index contributed by atoms with van der Waals surface area (Å²) in [7, 11) is 0. The Morgan fingerprint density at radius 2 is 1.82 bits per heavy atom. The number of hydrogen-bond acceptors (Lipinski definition) is 5. The van der Waals surface area contributed by atoms with E-state index in [-0.39, 0.29) is 46.3 Å². The van der Waals surface area contributed by atoms with Gasteiger partial charge in [0.15, 0.2) is 5.82 Å². The van der Waals surface area contributed by atoms with Gasteiger partial charge in [0.05, 0.1) is 16.8 Å². The molecule has 2 N–H and O–H groups in total. The van der Waals surface area contributed by atoms with E-state index in [9.17, 15) is 27.2 Å². The second kappa shape index (κ2) is 10.4. The molecular weight excluding hydrogens is 516 g/mol. The van der Waals surface area contributed by atoms with Crippen LogP contribution in [0.5, 0.6) is 0 Å². The summed E-state index contributed by atoms with van der Waals surface area (Å²) in [6.07, 6.45) is -1.14. The van der Waals surface area contributed by atoms with Crippen LogP contribution in [-0.4, -0.2) is 69.1 Å². The number of benzene rings is 1. The van der Waals surface area contributed by atoms with Gasteiger partial charge in [0, 0.05) is 32.4 Å². The van der Waals surface area contributed by atoms with E-state index in [2.05, 4.69) is 15.0 Å². The maximum absolute atomic E-state index is 13.5. The zero-order valence-corrected chi connectivity index (χ0v) is 21.2. The number of nitrogens with zero attached hydrogens (tertiary/aromatic N) is 5. The lowest BCUT2D eigenvalue weighted by molar-refractivity contribution is -0.137. The standard InChI is InChI=1S/C27H27F4N6O2/c1-16-23(24(25(32)38)37(34-16)22-8-7-20(11-33-22)27(29,30)31)26(39)36-14-18-12-35(13-19(18)15-36)9-3-5-17-4-2-6-21(28)10-17/h2,4-8,10-11,18-19H,3,9,12-15H2,1H3,(H2,32,38)/t18-,19?/m0/s1. The number of fused-ring (bicyclic) bond motifs is 1. The minimum absolute atomic E-state index is 0.0331. The van der Waals surface area contributed by atoms with E-state index < -0.39 is 17.6 Å². The van der Waals surface area contributed by atoms with Gasteiger partial charge in [-0.2, -0.15) is 18.3 Å². The highest BCUT2D eigenvalue weighted by Crippen LogP contribution is 2.33. The van der Waals surface area contributed by atoms with Crippen molar-refractivity contribution in [3.05, 3.63) is 82.9 Å². The smallest absolute Gasteiger partial charge is 0.364 e. The zero-order chi connectivity index (χ0) is 27.9. The van der Waals surface area contributed by atoms with Gasteiger partial charge < -0.3 is 15.5 Å². The van der Waals surface area contributed by atoms with Crippen molar-refractivity contribution >= 4 is 11.8 Å². The molecule has 0 bridgehead atoms. The molecule has 1 aromatic carbocycles. The number of amides is 2. The van der Waals surface area contributed by atoms with E-state index in [1.807, 2.05) is 12.5 Å². The van der Waals surface area contributed by atoms with Crippen molar-refractivity contribution in [2.75, 3.05) is 32.7 Å².